The van der Waals surface area contributed by atoms with Gasteiger partial charge in [-0.3, -0.25) is 14.9 Å². The van der Waals surface area contributed by atoms with Crippen LogP contribution in [0.1, 0.15) is 21.5 Å². The molecule has 0 saturated heterocycles. The summed E-state index contributed by atoms with van der Waals surface area (Å²) < 4.78 is 5.81. The Balaban J connectivity index is 2.05. The molecule has 0 atom stereocenters. The van der Waals surface area contributed by atoms with Crippen molar-refractivity contribution in [1.29, 1.82) is 0 Å². The standard InChI is InChI=1S/C17H15BrN2O5/c1-10-4-3-5-14(20(23)24)16(10)17(22)25-9-15(21)19-13-7-6-12(18)8-11(13)2/h3-8H,9H2,1-2H3,(H,19,21). The second-order valence-electron chi connectivity index (χ2n) is 5.31. The number of nitro groups is 1. The lowest BCUT2D eigenvalue weighted by Gasteiger charge is -2.10. The van der Waals surface area contributed by atoms with E-state index in [4.69, 9.17) is 4.74 Å². The molecule has 0 aliphatic carbocycles. The van der Waals surface area contributed by atoms with E-state index in [-0.39, 0.29) is 11.3 Å². The number of ether oxygens (including phenoxy) is 1. The van der Waals surface area contributed by atoms with Gasteiger partial charge in [-0.1, -0.05) is 28.1 Å². The van der Waals surface area contributed by atoms with Crippen LogP contribution < -0.4 is 5.32 Å². The van der Waals surface area contributed by atoms with Gasteiger partial charge < -0.3 is 10.1 Å². The van der Waals surface area contributed by atoms with Crippen LogP contribution >= 0.6 is 15.9 Å². The Kier molecular flexibility index (Phi) is 5.87. The Labute approximate surface area is 152 Å². The molecule has 2 aromatic rings. The minimum Gasteiger partial charge on any atom is -0.452 e. The lowest BCUT2D eigenvalue weighted by atomic mass is 10.1. The molecule has 0 bridgehead atoms. The molecule has 8 heteroatoms. The number of carbonyl (C=O) groups is 2. The first-order valence-corrected chi connectivity index (χ1v) is 8.06. The van der Waals surface area contributed by atoms with Gasteiger partial charge in [0, 0.05) is 16.2 Å². The zero-order valence-electron chi connectivity index (χ0n) is 13.5. The molecule has 130 valence electrons. The molecular formula is C17H15BrN2O5. The van der Waals surface area contributed by atoms with Crippen molar-refractivity contribution >= 4 is 39.2 Å². The van der Waals surface area contributed by atoms with Gasteiger partial charge in [0.15, 0.2) is 6.61 Å². The fraction of sp³-hybridized carbons (Fsp3) is 0.176. The Morgan fingerprint density at radius 2 is 1.92 bits per heavy atom. The van der Waals surface area contributed by atoms with E-state index in [9.17, 15) is 19.7 Å². The molecule has 0 aliphatic rings. The van der Waals surface area contributed by atoms with Crippen molar-refractivity contribution in [2.24, 2.45) is 0 Å². The van der Waals surface area contributed by atoms with Crippen molar-refractivity contribution in [1.82, 2.24) is 0 Å². The summed E-state index contributed by atoms with van der Waals surface area (Å²) in [5.41, 5.74) is 1.33. The van der Waals surface area contributed by atoms with E-state index in [0.29, 0.717) is 11.3 Å². The number of nitrogens with one attached hydrogen (secondary N) is 1. The number of amides is 1. The number of benzene rings is 2. The lowest BCUT2D eigenvalue weighted by molar-refractivity contribution is -0.385. The Morgan fingerprint density at radius 1 is 1.20 bits per heavy atom. The second-order valence-corrected chi connectivity index (χ2v) is 6.23. The van der Waals surface area contributed by atoms with Gasteiger partial charge in [-0.25, -0.2) is 4.79 Å². The summed E-state index contributed by atoms with van der Waals surface area (Å²) in [5.74, 6) is -1.44. The number of halogens is 1. The Bertz CT molecular complexity index is 851. The summed E-state index contributed by atoms with van der Waals surface area (Å²) in [6.07, 6.45) is 0. The molecule has 1 N–H and O–H groups in total. The van der Waals surface area contributed by atoms with Crippen LogP contribution in [-0.4, -0.2) is 23.4 Å². The molecule has 0 heterocycles. The van der Waals surface area contributed by atoms with Crippen molar-refractivity contribution in [3.63, 3.8) is 0 Å². The maximum absolute atomic E-state index is 12.1. The normalized spacial score (nSPS) is 10.2. The minimum atomic E-state index is -0.910. The van der Waals surface area contributed by atoms with Crippen LogP contribution in [0.4, 0.5) is 11.4 Å². The molecule has 0 unspecified atom stereocenters. The number of anilines is 1. The number of hydrogen-bond acceptors (Lipinski definition) is 5. The number of rotatable bonds is 5. The van der Waals surface area contributed by atoms with Crippen LogP contribution in [0.2, 0.25) is 0 Å². The lowest BCUT2D eigenvalue weighted by Crippen LogP contribution is -2.22. The average Bonchev–Trinajstić information content (AvgIpc) is 2.55. The van der Waals surface area contributed by atoms with Gasteiger partial charge >= 0.3 is 5.97 Å². The topological polar surface area (TPSA) is 98.5 Å². The van der Waals surface area contributed by atoms with E-state index >= 15 is 0 Å². The second kappa shape index (κ2) is 7.89. The van der Waals surface area contributed by atoms with Gasteiger partial charge in [0.1, 0.15) is 5.56 Å². The van der Waals surface area contributed by atoms with E-state index in [1.165, 1.54) is 12.1 Å². The number of esters is 1. The van der Waals surface area contributed by atoms with Crippen molar-refractivity contribution in [3.8, 4) is 0 Å². The highest BCUT2D eigenvalue weighted by Gasteiger charge is 2.24. The van der Waals surface area contributed by atoms with Gasteiger partial charge in [-0.2, -0.15) is 0 Å². The van der Waals surface area contributed by atoms with Crippen molar-refractivity contribution in [3.05, 3.63) is 67.7 Å². The highest BCUT2D eigenvalue weighted by Crippen LogP contribution is 2.23. The average molecular weight is 407 g/mol. The first kappa shape index (κ1) is 18.6. The number of carbonyl (C=O) groups excluding carboxylic acids is 2. The predicted octanol–water partition coefficient (Wildman–Crippen LogP) is 3.77. The van der Waals surface area contributed by atoms with Gasteiger partial charge in [-0.05, 0) is 43.2 Å². The summed E-state index contributed by atoms with van der Waals surface area (Å²) in [6.45, 7) is 2.84. The number of nitrogens with zero attached hydrogens (tertiary/aromatic N) is 1. The molecule has 0 spiro atoms. The summed E-state index contributed by atoms with van der Waals surface area (Å²) in [5, 5.41) is 13.7. The van der Waals surface area contributed by atoms with Crippen LogP contribution in [0.25, 0.3) is 0 Å². The van der Waals surface area contributed by atoms with Gasteiger partial charge in [0.25, 0.3) is 11.6 Å². The van der Waals surface area contributed by atoms with Gasteiger partial charge in [0.05, 0.1) is 4.92 Å². The maximum Gasteiger partial charge on any atom is 0.345 e. The largest absolute Gasteiger partial charge is 0.452 e. The fourth-order valence-electron chi connectivity index (χ4n) is 2.23. The van der Waals surface area contributed by atoms with E-state index in [2.05, 4.69) is 21.2 Å². The van der Waals surface area contributed by atoms with E-state index in [1.807, 2.05) is 13.0 Å². The highest BCUT2D eigenvalue weighted by molar-refractivity contribution is 9.10. The van der Waals surface area contributed by atoms with Crippen LogP contribution in [0.3, 0.4) is 0 Å². The fourth-order valence-corrected chi connectivity index (χ4v) is 2.70. The third-order valence-corrected chi connectivity index (χ3v) is 3.94. The van der Waals surface area contributed by atoms with Crippen molar-refractivity contribution in [2.45, 2.75) is 13.8 Å². The first-order chi connectivity index (χ1) is 11.8. The zero-order chi connectivity index (χ0) is 18.6. The number of hydrogen-bond donors (Lipinski definition) is 1. The third kappa shape index (κ3) is 4.63. The quantitative estimate of drug-likeness (QED) is 0.462. The first-order valence-electron chi connectivity index (χ1n) is 7.26. The number of nitro benzene ring substituents is 1. The number of aryl methyl sites for hydroxylation is 2. The van der Waals surface area contributed by atoms with Crippen molar-refractivity contribution < 1.29 is 19.2 Å². The van der Waals surface area contributed by atoms with Gasteiger partial charge in [-0.15, -0.1) is 0 Å². The van der Waals surface area contributed by atoms with E-state index < -0.39 is 23.4 Å². The SMILES string of the molecule is Cc1cc(Br)ccc1NC(=O)COC(=O)c1c(C)cccc1[N+](=O)[O-]. The van der Waals surface area contributed by atoms with Crippen LogP contribution in [0.15, 0.2) is 40.9 Å². The van der Waals surface area contributed by atoms with Crippen LogP contribution in [0, 0.1) is 24.0 Å². The molecule has 0 radical (unpaired) electrons. The Hall–Kier alpha value is -2.74. The Morgan fingerprint density at radius 3 is 2.56 bits per heavy atom. The van der Waals surface area contributed by atoms with Gasteiger partial charge in [0.2, 0.25) is 0 Å². The zero-order valence-corrected chi connectivity index (χ0v) is 15.1. The molecule has 2 rings (SSSR count). The molecule has 1 amide bonds. The molecule has 0 saturated carbocycles. The highest BCUT2D eigenvalue weighted by atomic mass is 79.9. The predicted molar refractivity (Wildman–Crippen MR) is 95.6 cm³/mol. The molecule has 0 aliphatic heterocycles. The van der Waals surface area contributed by atoms with E-state index in [0.717, 1.165) is 10.0 Å². The summed E-state index contributed by atoms with van der Waals surface area (Å²) in [6, 6.07) is 9.58. The molecule has 0 fully saturated rings. The molecule has 0 aromatic heterocycles. The molecule has 7 nitrogen and oxygen atoms in total. The summed E-state index contributed by atoms with van der Waals surface area (Å²) in [4.78, 5) is 34.5. The molecule has 2 aromatic carbocycles. The van der Waals surface area contributed by atoms with Crippen molar-refractivity contribution in [2.75, 3.05) is 11.9 Å². The summed E-state index contributed by atoms with van der Waals surface area (Å²) >= 11 is 3.33. The maximum atomic E-state index is 12.1. The molecular weight excluding hydrogens is 392 g/mol. The van der Waals surface area contributed by atoms with E-state index in [1.54, 1.807) is 25.1 Å². The molecule has 25 heavy (non-hydrogen) atoms. The van der Waals surface area contributed by atoms with Crippen LogP contribution in [-0.2, 0) is 9.53 Å². The van der Waals surface area contributed by atoms with Crippen LogP contribution in [0.5, 0.6) is 0 Å². The monoisotopic (exact) mass is 406 g/mol. The smallest absolute Gasteiger partial charge is 0.345 e. The summed E-state index contributed by atoms with van der Waals surface area (Å²) in [7, 11) is 0. The third-order valence-electron chi connectivity index (χ3n) is 3.45. The minimum absolute atomic E-state index is 0.153.